The molecule has 0 amide bonds. The van der Waals surface area contributed by atoms with Crippen molar-refractivity contribution in [1.29, 1.82) is 0 Å². The quantitative estimate of drug-likeness (QED) is 0.749. The molecule has 0 radical (unpaired) electrons. The van der Waals surface area contributed by atoms with Gasteiger partial charge in [0.25, 0.3) is 0 Å². The van der Waals surface area contributed by atoms with Crippen molar-refractivity contribution in [3.8, 4) is 0 Å². The number of hydrogen-bond acceptors (Lipinski definition) is 4. The van der Waals surface area contributed by atoms with E-state index in [1.807, 2.05) is 13.8 Å². The summed E-state index contributed by atoms with van der Waals surface area (Å²) in [6, 6.07) is 0. The van der Waals surface area contributed by atoms with Crippen LogP contribution in [0.4, 0.5) is 5.82 Å². The first-order chi connectivity index (χ1) is 8.56. The highest BCUT2D eigenvalue weighted by Crippen LogP contribution is 2.23. The topological polar surface area (TPSA) is 58.0 Å². The van der Waals surface area contributed by atoms with E-state index in [-0.39, 0.29) is 0 Å². The average molecular weight is 272 g/mol. The minimum atomic E-state index is -0.694. The van der Waals surface area contributed by atoms with E-state index in [4.69, 9.17) is 11.6 Å². The number of anilines is 1. The van der Waals surface area contributed by atoms with Crippen LogP contribution in [0.25, 0.3) is 0 Å². The summed E-state index contributed by atoms with van der Waals surface area (Å²) in [5.41, 5.74) is 0.234. The van der Waals surface area contributed by atoms with Gasteiger partial charge in [-0.2, -0.15) is 0 Å². The number of nitrogens with one attached hydrogen (secondary N) is 1. The maximum absolute atomic E-state index is 10.2. The van der Waals surface area contributed by atoms with Crippen LogP contribution >= 0.6 is 11.6 Å². The fourth-order valence-electron chi connectivity index (χ4n) is 1.76. The molecule has 0 fully saturated rings. The van der Waals surface area contributed by atoms with Gasteiger partial charge < -0.3 is 10.4 Å². The zero-order chi connectivity index (χ0) is 13.6. The second kappa shape index (κ2) is 6.90. The Morgan fingerprint density at radius 2 is 1.94 bits per heavy atom. The molecule has 1 rings (SSSR count). The fraction of sp³-hybridized carbons (Fsp3) is 0.692. The summed E-state index contributed by atoms with van der Waals surface area (Å²) in [6.45, 7) is 6.52. The highest BCUT2D eigenvalue weighted by molar-refractivity contribution is 6.30. The molecule has 2 N–H and O–H groups in total. The Kier molecular flexibility index (Phi) is 5.82. The summed E-state index contributed by atoms with van der Waals surface area (Å²) in [7, 11) is 0. The van der Waals surface area contributed by atoms with E-state index in [9.17, 15) is 5.11 Å². The molecule has 0 spiro atoms. The van der Waals surface area contributed by atoms with Crippen molar-refractivity contribution in [2.75, 3.05) is 11.9 Å². The molecule has 18 heavy (non-hydrogen) atoms. The predicted molar refractivity (Wildman–Crippen MR) is 75.1 cm³/mol. The number of halogens is 1. The SMILES string of the molecule is CCCc1c(Cl)ncnc1NCC(O)(CC)CC. The number of rotatable bonds is 7. The van der Waals surface area contributed by atoms with E-state index in [1.165, 1.54) is 6.33 Å². The van der Waals surface area contributed by atoms with Crippen molar-refractivity contribution in [2.24, 2.45) is 0 Å². The molecular formula is C13H22ClN3O. The van der Waals surface area contributed by atoms with Gasteiger partial charge in [0, 0.05) is 12.1 Å². The molecule has 0 saturated carbocycles. The van der Waals surface area contributed by atoms with Gasteiger partial charge in [0.1, 0.15) is 17.3 Å². The largest absolute Gasteiger partial charge is 0.388 e. The lowest BCUT2D eigenvalue weighted by molar-refractivity contribution is 0.0456. The van der Waals surface area contributed by atoms with Crippen molar-refractivity contribution in [2.45, 2.75) is 52.1 Å². The lowest BCUT2D eigenvalue weighted by atomic mass is 9.97. The van der Waals surface area contributed by atoms with Crippen molar-refractivity contribution >= 4 is 17.4 Å². The van der Waals surface area contributed by atoms with Crippen molar-refractivity contribution < 1.29 is 5.11 Å². The Morgan fingerprint density at radius 3 is 2.50 bits per heavy atom. The van der Waals surface area contributed by atoms with Crippen molar-refractivity contribution in [3.05, 3.63) is 17.0 Å². The fourth-order valence-corrected chi connectivity index (χ4v) is 1.99. The Morgan fingerprint density at radius 1 is 1.28 bits per heavy atom. The van der Waals surface area contributed by atoms with Crippen LogP contribution in [0.15, 0.2) is 6.33 Å². The molecule has 0 aliphatic rings. The van der Waals surface area contributed by atoms with E-state index in [1.54, 1.807) is 0 Å². The molecule has 0 saturated heterocycles. The van der Waals surface area contributed by atoms with Gasteiger partial charge in [-0.05, 0) is 19.3 Å². The van der Waals surface area contributed by atoms with Gasteiger partial charge in [-0.3, -0.25) is 0 Å². The maximum atomic E-state index is 10.2. The monoisotopic (exact) mass is 271 g/mol. The molecule has 0 aromatic carbocycles. The summed E-state index contributed by atoms with van der Waals surface area (Å²) < 4.78 is 0. The van der Waals surface area contributed by atoms with Crippen molar-refractivity contribution in [3.63, 3.8) is 0 Å². The van der Waals surface area contributed by atoms with Gasteiger partial charge in [0.05, 0.1) is 5.60 Å². The van der Waals surface area contributed by atoms with Crippen LogP contribution in [0, 0.1) is 0 Å². The third-order valence-electron chi connectivity index (χ3n) is 3.29. The number of aliphatic hydroxyl groups is 1. The van der Waals surface area contributed by atoms with Gasteiger partial charge in [-0.25, -0.2) is 9.97 Å². The van der Waals surface area contributed by atoms with Crippen LogP contribution < -0.4 is 5.32 Å². The number of hydrogen-bond donors (Lipinski definition) is 2. The lowest BCUT2D eigenvalue weighted by Gasteiger charge is -2.26. The van der Waals surface area contributed by atoms with Crippen LogP contribution in [-0.4, -0.2) is 27.2 Å². The number of aromatic nitrogens is 2. The molecule has 0 aliphatic heterocycles. The van der Waals surface area contributed by atoms with Crippen LogP contribution in [0.5, 0.6) is 0 Å². The van der Waals surface area contributed by atoms with E-state index in [0.29, 0.717) is 24.5 Å². The van der Waals surface area contributed by atoms with Gasteiger partial charge in [0.15, 0.2) is 0 Å². The van der Waals surface area contributed by atoms with E-state index >= 15 is 0 Å². The van der Waals surface area contributed by atoms with E-state index in [0.717, 1.165) is 24.2 Å². The smallest absolute Gasteiger partial charge is 0.137 e. The second-order valence-corrected chi connectivity index (χ2v) is 4.88. The van der Waals surface area contributed by atoms with Crippen LogP contribution in [0.2, 0.25) is 5.15 Å². The second-order valence-electron chi connectivity index (χ2n) is 4.53. The summed E-state index contributed by atoms with van der Waals surface area (Å²) in [5, 5.41) is 13.9. The minimum absolute atomic E-state index is 0.476. The van der Waals surface area contributed by atoms with Gasteiger partial charge in [-0.1, -0.05) is 38.8 Å². The molecule has 0 unspecified atom stereocenters. The summed E-state index contributed by atoms with van der Waals surface area (Å²) >= 11 is 6.07. The first-order valence-corrected chi connectivity index (χ1v) is 6.89. The Balaban J connectivity index is 2.81. The lowest BCUT2D eigenvalue weighted by Crippen LogP contribution is -2.35. The Bertz CT molecular complexity index is 380. The predicted octanol–water partition coefficient (Wildman–Crippen LogP) is 3.05. The van der Waals surface area contributed by atoms with Gasteiger partial charge >= 0.3 is 0 Å². The molecule has 1 heterocycles. The molecule has 5 heteroatoms. The zero-order valence-electron chi connectivity index (χ0n) is 11.3. The molecular weight excluding hydrogens is 250 g/mol. The molecule has 1 aromatic heterocycles. The van der Waals surface area contributed by atoms with E-state index < -0.39 is 5.60 Å². The minimum Gasteiger partial charge on any atom is -0.388 e. The Hall–Kier alpha value is -0.870. The van der Waals surface area contributed by atoms with Gasteiger partial charge in [0.2, 0.25) is 0 Å². The molecule has 0 atom stereocenters. The Labute approximate surface area is 114 Å². The summed E-state index contributed by atoms with van der Waals surface area (Å²) in [6.07, 6.45) is 4.67. The van der Waals surface area contributed by atoms with Gasteiger partial charge in [-0.15, -0.1) is 0 Å². The third kappa shape index (κ3) is 3.82. The molecule has 0 aliphatic carbocycles. The summed E-state index contributed by atoms with van der Waals surface area (Å²) in [5.74, 6) is 0.733. The normalized spacial score (nSPS) is 11.6. The first-order valence-electron chi connectivity index (χ1n) is 6.52. The van der Waals surface area contributed by atoms with Crippen LogP contribution in [-0.2, 0) is 6.42 Å². The molecule has 4 nitrogen and oxygen atoms in total. The third-order valence-corrected chi connectivity index (χ3v) is 3.62. The van der Waals surface area contributed by atoms with E-state index in [2.05, 4.69) is 22.2 Å². The standard InChI is InChI=1S/C13H22ClN3O/c1-4-7-10-11(14)16-9-17-12(10)15-8-13(18,5-2)6-3/h9,18H,4-8H2,1-3H3,(H,15,16,17). The molecule has 102 valence electrons. The highest BCUT2D eigenvalue weighted by Gasteiger charge is 2.22. The maximum Gasteiger partial charge on any atom is 0.137 e. The number of nitrogens with zero attached hydrogens (tertiary/aromatic N) is 2. The highest BCUT2D eigenvalue weighted by atomic mass is 35.5. The summed E-state index contributed by atoms with van der Waals surface area (Å²) in [4.78, 5) is 8.21. The first kappa shape index (κ1) is 15.2. The zero-order valence-corrected chi connectivity index (χ0v) is 12.1. The van der Waals surface area contributed by atoms with Crippen molar-refractivity contribution in [1.82, 2.24) is 9.97 Å². The average Bonchev–Trinajstić information content (AvgIpc) is 2.39. The van der Waals surface area contributed by atoms with Crippen LogP contribution in [0.1, 0.15) is 45.6 Å². The molecule has 0 bridgehead atoms. The van der Waals surface area contributed by atoms with Crippen LogP contribution in [0.3, 0.4) is 0 Å². The molecule has 1 aromatic rings.